The quantitative estimate of drug-likeness (QED) is 0.869. The number of nitrogens with zero attached hydrogens (tertiary/aromatic N) is 1. The number of fused-ring (bicyclic) bond motifs is 1. The van der Waals surface area contributed by atoms with Crippen molar-refractivity contribution in [3.8, 4) is 0 Å². The number of hydrogen-bond donors (Lipinski definition) is 1. The van der Waals surface area contributed by atoms with E-state index in [1.165, 1.54) is 0 Å². The van der Waals surface area contributed by atoms with Crippen LogP contribution in [0.1, 0.15) is 24.3 Å². The number of carbonyl (C=O) groups excluding carboxylic acids is 1. The summed E-state index contributed by atoms with van der Waals surface area (Å²) >= 11 is 0. The SMILES string of the molecule is CC1CN(C(=O)c2cc3ccccc3c(=O)[nH]2)C(C)CO1. The molecule has 1 fully saturated rings. The number of aromatic nitrogens is 1. The number of aromatic amines is 1. The fraction of sp³-hybridized carbons (Fsp3) is 0.375. The van der Waals surface area contributed by atoms with Gasteiger partial charge in [0.05, 0.1) is 18.8 Å². The fourth-order valence-electron chi connectivity index (χ4n) is 2.67. The molecule has 110 valence electrons. The maximum absolute atomic E-state index is 12.7. The Balaban J connectivity index is 1.99. The lowest BCUT2D eigenvalue weighted by Gasteiger charge is -2.36. The molecule has 5 heteroatoms. The van der Waals surface area contributed by atoms with Crippen molar-refractivity contribution in [2.75, 3.05) is 13.2 Å². The van der Waals surface area contributed by atoms with Crippen molar-refractivity contribution in [3.05, 3.63) is 46.4 Å². The van der Waals surface area contributed by atoms with E-state index in [2.05, 4.69) is 4.98 Å². The lowest BCUT2D eigenvalue weighted by atomic mass is 10.1. The van der Waals surface area contributed by atoms with Gasteiger partial charge in [0, 0.05) is 11.9 Å². The molecule has 1 N–H and O–H groups in total. The highest BCUT2D eigenvalue weighted by atomic mass is 16.5. The van der Waals surface area contributed by atoms with E-state index in [9.17, 15) is 9.59 Å². The Labute approximate surface area is 122 Å². The van der Waals surface area contributed by atoms with Gasteiger partial charge in [0.25, 0.3) is 11.5 Å². The molecule has 0 radical (unpaired) electrons. The first-order valence-corrected chi connectivity index (χ1v) is 7.11. The van der Waals surface area contributed by atoms with Crippen molar-refractivity contribution in [2.24, 2.45) is 0 Å². The highest BCUT2D eigenvalue weighted by molar-refractivity contribution is 5.96. The van der Waals surface area contributed by atoms with Gasteiger partial charge in [-0.15, -0.1) is 0 Å². The zero-order chi connectivity index (χ0) is 15.0. The van der Waals surface area contributed by atoms with Crippen LogP contribution in [0.2, 0.25) is 0 Å². The maximum Gasteiger partial charge on any atom is 0.270 e. The lowest BCUT2D eigenvalue weighted by Crippen LogP contribution is -2.50. The Morgan fingerprint density at radius 3 is 2.90 bits per heavy atom. The van der Waals surface area contributed by atoms with Crippen LogP contribution in [0, 0.1) is 0 Å². The van der Waals surface area contributed by atoms with E-state index in [0.29, 0.717) is 24.2 Å². The van der Waals surface area contributed by atoms with Crippen LogP contribution in [0.4, 0.5) is 0 Å². The summed E-state index contributed by atoms with van der Waals surface area (Å²) in [6.45, 7) is 4.94. The number of ether oxygens (including phenoxy) is 1. The first-order valence-electron chi connectivity index (χ1n) is 7.11. The monoisotopic (exact) mass is 286 g/mol. The van der Waals surface area contributed by atoms with Crippen LogP contribution < -0.4 is 5.56 Å². The summed E-state index contributed by atoms with van der Waals surface area (Å²) in [5.74, 6) is -0.152. The molecule has 2 aromatic rings. The van der Waals surface area contributed by atoms with Crippen LogP contribution in [-0.2, 0) is 4.74 Å². The molecule has 1 aromatic heterocycles. The zero-order valence-electron chi connectivity index (χ0n) is 12.1. The predicted octanol–water partition coefficient (Wildman–Crippen LogP) is 1.78. The molecule has 0 aliphatic carbocycles. The third kappa shape index (κ3) is 2.56. The first kappa shape index (κ1) is 13.8. The van der Waals surface area contributed by atoms with Crippen LogP contribution in [0.25, 0.3) is 10.8 Å². The number of benzene rings is 1. The van der Waals surface area contributed by atoms with Gasteiger partial charge in [-0.3, -0.25) is 9.59 Å². The molecular weight excluding hydrogens is 268 g/mol. The van der Waals surface area contributed by atoms with Gasteiger partial charge in [-0.05, 0) is 31.4 Å². The molecule has 1 saturated heterocycles. The number of hydrogen-bond acceptors (Lipinski definition) is 3. The summed E-state index contributed by atoms with van der Waals surface area (Å²) < 4.78 is 5.53. The van der Waals surface area contributed by atoms with Crippen molar-refractivity contribution in [1.82, 2.24) is 9.88 Å². The van der Waals surface area contributed by atoms with Crippen molar-refractivity contribution in [3.63, 3.8) is 0 Å². The molecule has 3 rings (SSSR count). The summed E-state index contributed by atoms with van der Waals surface area (Å²) in [5.41, 5.74) is 0.102. The summed E-state index contributed by atoms with van der Waals surface area (Å²) in [6, 6.07) is 9.00. The molecule has 0 bridgehead atoms. The van der Waals surface area contributed by atoms with E-state index >= 15 is 0 Å². The maximum atomic E-state index is 12.7. The smallest absolute Gasteiger partial charge is 0.270 e. The molecule has 21 heavy (non-hydrogen) atoms. The summed E-state index contributed by atoms with van der Waals surface area (Å²) in [5, 5.41) is 1.37. The van der Waals surface area contributed by atoms with E-state index in [1.54, 1.807) is 17.0 Å². The summed E-state index contributed by atoms with van der Waals surface area (Å²) in [4.78, 5) is 29.2. The predicted molar refractivity (Wildman–Crippen MR) is 80.5 cm³/mol. The number of morpholine rings is 1. The number of rotatable bonds is 1. The van der Waals surface area contributed by atoms with Crippen molar-refractivity contribution in [1.29, 1.82) is 0 Å². The van der Waals surface area contributed by atoms with Crippen molar-refractivity contribution >= 4 is 16.7 Å². The second-order valence-electron chi connectivity index (χ2n) is 5.55. The Morgan fingerprint density at radius 1 is 1.33 bits per heavy atom. The van der Waals surface area contributed by atoms with Crippen LogP contribution in [0.5, 0.6) is 0 Å². The van der Waals surface area contributed by atoms with Crippen LogP contribution >= 0.6 is 0 Å². The third-order valence-electron chi connectivity index (χ3n) is 3.85. The van der Waals surface area contributed by atoms with Gasteiger partial charge in [0.1, 0.15) is 5.69 Å². The standard InChI is InChI=1S/C16H18N2O3/c1-10-9-21-11(2)8-18(10)16(20)14-7-12-5-3-4-6-13(12)15(19)17-14/h3-7,10-11H,8-9H2,1-2H3,(H,17,19). The molecule has 1 aromatic carbocycles. The molecule has 1 aliphatic rings. The largest absolute Gasteiger partial charge is 0.375 e. The molecule has 2 atom stereocenters. The average molecular weight is 286 g/mol. The Bertz CT molecular complexity index is 738. The second-order valence-corrected chi connectivity index (χ2v) is 5.55. The minimum atomic E-state index is -0.231. The van der Waals surface area contributed by atoms with Crippen LogP contribution in [0.3, 0.4) is 0 Å². The Morgan fingerprint density at radius 2 is 2.10 bits per heavy atom. The number of H-pyrrole nitrogens is 1. The van der Waals surface area contributed by atoms with Gasteiger partial charge < -0.3 is 14.6 Å². The zero-order valence-corrected chi connectivity index (χ0v) is 12.1. The average Bonchev–Trinajstić information content (AvgIpc) is 2.49. The highest BCUT2D eigenvalue weighted by Gasteiger charge is 2.28. The van der Waals surface area contributed by atoms with Gasteiger partial charge in [-0.25, -0.2) is 0 Å². The van der Waals surface area contributed by atoms with Gasteiger partial charge in [0.2, 0.25) is 0 Å². The number of nitrogens with one attached hydrogen (secondary N) is 1. The van der Waals surface area contributed by atoms with E-state index in [0.717, 1.165) is 5.39 Å². The van der Waals surface area contributed by atoms with Gasteiger partial charge in [0.15, 0.2) is 0 Å². The topological polar surface area (TPSA) is 62.4 Å². The fourth-order valence-corrected chi connectivity index (χ4v) is 2.67. The minimum absolute atomic E-state index is 0.00340. The Kier molecular flexibility index (Phi) is 3.51. The second kappa shape index (κ2) is 5.33. The minimum Gasteiger partial charge on any atom is -0.375 e. The Hall–Kier alpha value is -2.14. The van der Waals surface area contributed by atoms with Crippen LogP contribution in [0.15, 0.2) is 35.1 Å². The number of pyridine rings is 1. The molecule has 1 aliphatic heterocycles. The molecular formula is C16H18N2O3. The van der Waals surface area contributed by atoms with Crippen LogP contribution in [-0.4, -0.2) is 41.1 Å². The lowest BCUT2D eigenvalue weighted by molar-refractivity contribution is -0.0389. The summed E-state index contributed by atoms with van der Waals surface area (Å²) in [6.07, 6.45) is 0.0114. The molecule has 1 amide bonds. The van der Waals surface area contributed by atoms with Gasteiger partial charge in [-0.2, -0.15) is 0 Å². The first-order chi connectivity index (χ1) is 10.1. The number of amides is 1. The summed E-state index contributed by atoms with van der Waals surface area (Å²) in [7, 11) is 0. The number of carbonyl (C=O) groups is 1. The van der Waals surface area contributed by atoms with E-state index in [1.807, 2.05) is 32.0 Å². The highest BCUT2D eigenvalue weighted by Crippen LogP contribution is 2.16. The molecule has 5 nitrogen and oxygen atoms in total. The molecule has 2 heterocycles. The third-order valence-corrected chi connectivity index (χ3v) is 3.85. The molecule has 0 saturated carbocycles. The van der Waals surface area contributed by atoms with E-state index in [4.69, 9.17) is 4.74 Å². The molecule has 2 unspecified atom stereocenters. The normalized spacial score (nSPS) is 22.5. The van der Waals surface area contributed by atoms with E-state index < -0.39 is 0 Å². The van der Waals surface area contributed by atoms with Crippen molar-refractivity contribution < 1.29 is 9.53 Å². The van der Waals surface area contributed by atoms with E-state index in [-0.39, 0.29) is 23.6 Å². The van der Waals surface area contributed by atoms with Gasteiger partial charge >= 0.3 is 0 Å². The molecule has 0 spiro atoms. The van der Waals surface area contributed by atoms with Gasteiger partial charge in [-0.1, -0.05) is 18.2 Å². The van der Waals surface area contributed by atoms with Crippen molar-refractivity contribution in [2.45, 2.75) is 26.0 Å².